The molecule has 1 aliphatic rings. The monoisotopic (exact) mass is 470 g/mol. The summed E-state index contributed by atoms with van der Waals surface area (Å²) in [6.45, 7) is 2.01. The van der Waals surface area contributed by atoms with Crippen LogP contribution in [0.15, 0.2) is 80.8 Å². The molecule has 0 spiro atoms. The topological polar surface area (TPSA) is 59.6 Å². The summed E-state index contributed by atoms with van der Waals surface area (Å²) >= 11 is 3.14. The van der Waals surface area contributed by atoms with E-state index >= 15 is 0 Å². The SMILES string of the molecule is C#CCCC1(CCSc2nc3sc(-c4ccccc4)c(C)c3c(=O)n2-c2ccccc2)N=N1. The number of rotatable bonds is 8. The number of benzene rings is 2. The normalized spacial score (nSPS) is 13.8. The molecule has 2 aromatic carbocycles. The highest BCUT2D eigenvalue weighted by Crippen LogP contribution is 2.39. The summed E-state index contributed by atoms with van der Waals surface area (Å²) in [4.78, 5) is 20.6. The van der Waals surface area contributed by atoms with E-state index in [1.807, 2.05) is 55.5 Å². The highest BCUT2D eigenvalue weighted by molar-refractivity contribution is 7.99. The summed E-state index contributed by atoms with van der Waals surface area (Å²) in [7, 11) is 0. The van der Waals surface area contributed by atoms with Crippen LogP contribution >= 0.6 is 23.1 Å². The lowest BCUT2D eigenvalue weighted by Gasteiger charge is -2.13. The molecule has 0 saturated heterocycles. The standard InChI is InChI=1S/C26H22N4OS2/c1-3-4-15-26(28-29-26)16-17-32-25-27-23-21(24(31)30(25)20-13-9-6-10-14-20)18(2)22(33-23)19-11-7-5-8-12-19/h1,5-14H,4,15-17H2,2H3. The molecule has 0 radical (unpaired) electrons. The van der Waals surface area contributed by atoms with Gasteiger partial charge in [-0.25, -0.2) is 4.98 Å². The first-order chi connectivity index (χ1) is 16.1. The third-order valence-corrected chi connectivity index (χ3v) is 7.95. The third-order valence-electron chi connectivity index (χ3n) is 5.77. The number of terminal acetylenes is 1. The molecule has 0 amide bonds. The summed E-state index contributed by atoms with van der Waals surface area (Å²) < 4.78 is 1.73. The van der Waals surface area contributed by atoms with E-state index in [0.29, 0.717) is 17.0 Å². The molecule has 5 nitrogen and oxygen atoms in total. The van der Waals surface area contributed by atoms with E-state index in [-0.39, 0.29) is 11.2 Å². The van der Waals surface area contributed by atoms with E-state index in [9.17, 15) is 4.79 Å². The van der Waals surface area contributed by atoms with Crippen molar-refractivity contribution in [2.45, 2.75) is 37.0 Å². The van der Waals surface area contributed by atoms with Crippen LogP contribution in [0.25, 0.3) is 26.3 Å². The Balaban J connectivity index is 1.56. The highest BCUT2D eigenvalue weighted by Gasteiger charge is 2.38. The lowest BCUT2D eigenvalue weighted by atomic mass is 10.1. The molecule has 7 heteroatoms. The van der Waals surface area contributed by atoms with Crippen molar-refractivity contribution < 1.29 is 0 Å². The van der Waals surface area contributed by atoms with Gasteiger partial charge >= 0.3 is 0 Å². The van der Waals surface area contributed by atoms with Gasteiger partial charge in [-0.15, -0.1) is 23.7 Å². The van der Waals surface area contributed by atoms with Gasteiger partial charge in [-0.3, -0.25) is 9.36 Å². The smallest absolute Gasteiger partial charge is 0.267 e. The molecule has 0 aliphatic carbocycles. The Kier molecular flexibility index (Phi) is 5.88. The van der Waals surface area contributed by atoms with Gasteiger partial charge in [-0.1, -0.05) is 60.3 Å². The summed E-state index contributed by atoms with van der Waals surface area (Å²) in [5, 5.41) is 9.83. The van der Waals surface area contributed by atoms with Crippen LogP contribution in [0.3, 0.4) is 0 Å². The zero-order valence-corrected chi connectivity index (χ0v) is 19.8. The molecule has 0 N–H and O–H groups in total. The number of para-hydroxylation sites is 1. The zero-order valence-electron chi connectivity index (χ0n) is 18.2. The predicted octanol–water partition coefficient (Wildman–Crippen LogP) is 6.48. The molecule has 0 saturated carbocycles. The number of thiophene rings is 1. The molecule has 0 unspecified atom stereocenters. The quantitative estimate of drug-likeness (QED) is 0.168. The Morgan fingerprint density at radius 2 is 1.76 bits per heavy atom. The van der Waals surface area contributed by atoms with E-state index in [2.05, 4.69) is 28.3 Å². The molecule has 3 heterocycles. The van der Waals surface area contributed by atoms with Gasteiger partial charge in [0.1, 0.15) is 4.83 Å². The number of aryl methyl sites for hydroxylation is 1. The molecule has 0 atom stereocenters. The van der Waals surface area contributed by atoms with Crippen molar-refractivity contribution in [2.24, 2.45) is 10.2 Å². The Hall–Kier alpha value is -3.21. The number of thioether (sulfide) groups is 1. The lowest BCUT2D eigenvalue weighted by molar-refractivity contribution is 0.544. The number of nitrogens with zero attached hydrogens (tertiary/aromatic N) is 4. The number of aromatic nitrogens is 2. The van der Waals surface area contributed by atoms with Crippen LogP contribution < -0.4 is 5.56 Å². The van der Waals surface area contributed by atoms with Gasteiger partial charge in [0.2, 0.25) is 0 Å². The van der Waals surface area contributed by atoms with Crippen molar-refractivity contribution in [2.75, 3.05) is 5.75 Å². The first kappa shape index (κ1) is 21.6. The van der Waals surface area contributed by atoms with Crippen molar-refractivity contribution in [3.05, 3.63) is 76.6 Å². The van der Waals surface area contributed by atoms with Gasteiger partial charge < -0.3 is 0 Å². The Labute approximate surface area is 200 Å². The van der Waals surface area contributed by atoms with Gasteiger partial charge in [0.15, 0.2) is 10.8 Å². The molecule has 164 valence electrons. The minimum absolute atomic E-state index is 0.0347. The highest BCUT2D eigenvalue weighted by atomic mass is 32.2. The summed E-state index contributed by atoms with van der Waals surface area (Å²) in [6.07, 6.45) is 7.62. The summed E-state index contributed by atoms with van der Waals surface area (Å²) in [5.41, 5.74) is 2.51. The van der Waals surface area contributed by atoms with Crippen LogP contribution in [0.4, 0.5) is 0 Å². The maximum absolute atomic E-state index is 13.8. The van der Waals surface area contributed by atoms with Crippen LogP contribution in [0.5, 0.6) is 0 Å². The van der Waals surface area contributed by atoms with E-state index in [4.69, 9.17) is 11.4 Å². The van der Waals surface area contributed by atoms with Crippen molar-refractivity contribution >= 4 is 33.3 Å². The van der Waals surface area contributed by atoms with E-state index in [0.717, 1.165) is 45.1 Å². The van der Waals surface area contributed by atoms with Gasteiger partial charge in [-0.2, -0.15) is 10.2 Å². The molecule has 5 rings (SSSR count). The largest absolute Gasteiger partial charge is 0.268 e. The van der Waals surface area contributed by atoms with E-state index in [1.165, 1.54) is 0 Å². The second-order valence-corrected chi connectivity index (χ2v) is 10.0. The van der Waals surface area contributed by atoms with Crippen molar-refractivity contribution in [3.8, 4) is 28.5 Å². The molecular weight excluding hydrogens is 448 g/mol. The Morgan fingerprint density at radius 3 is 2.42 bits per heavy atom. The third kappa shape index (κ3) is 4.24. The maximum Gasteiger partial charge on any atom is 0.267 e. The molecule has 0 fully saturated rings. The van der Waals surface area contributed by atoms with Gasteiger partial charge in [0.05, 0.1) is 11.1 Å². The fourth-order valence-electron chi connectivity index (χ4n) is 3.90. The second kappa shape index (κ2) is 8.97. The van der Waals surface area contributed by atoms with Crippen LogP contribution in [-0.4, -0.2) is 21.0 Å². The Morgan fingerprint density at radius 1 is 1.06 bits per heavy atom. The first-order valence-electron chi connectivity index (χ1n) is 10.8. The fourth-order valence-corrected chi connectivity index (χ4v) is 6.22. The minimum Gasteiger partial charge on any atom is -0.268 e. The average Bonchev–Trinajstić information content (AvgIpc) is 3.53. The first-order valence-corrected chi connectivity index (χ1v) is 12.6. The second-order valence-electron chi connectivity index (χ2n) is 7.96. The molecular formula is C26H22N4OS2. The van der Waals surface area contributed by atoms with Gasteiger partial charge in [0, 0.05) is 29.9 Å². The van der Waals surface area contributed by atoms with Crippen molar-refractivity contribution in [1.29, 1.82) is 0 Å². The number of hydrogen-bond donors (Lipinski definition) is 0. The molecule has 2 aromatic heterocycles. The van der Waals surface area contributed by atoms with Crippen molar-refractivity contribution in [1.82, 2.24) is 9.55 Å². The van der Waals surface area contributed by atoms with Crippen molar-refractivity contribution in [3.63, 3.8) is 0 Å². The van der Waals surface area contributed by atoms with Crippen LogP contribution in [0.1, 0.15) is 24.8 Å². The maximum atomic E-state index is 13.8. The Bertz CT molecular complexity index is 1430. The van der Waals surface area contributed by atoms with Crippen LogP contribution in [0, 0.1) is 19.3 Å². The minimum atomic E-state index is -0.346. The summed E-state index contributed by atoms with van der Waals surface area (Å²) in [6, 6.07) is 19.9. The predicted molar refractivity (Wildman–Crippen MR) is 136 cm³/mol. The van der Waals surface area contributed by atoms with Crippen LogP contribution in [0.2, 0.25) is 0 Å². The summed E-state index contributed by atoms with van der Waals surface area (Å²) in [5.74, 6) is 3.42. The molecule has 4 aromatic rings. The van der Waals surface area contributed by atoms with E-state index < -0.39 is 0 Å². The number of hydrogen-bond acceptors (Lipinski definition) is 6. The molecule has 33 heavy (non-hydrogen) atoms. The lowest BCUT2D eigenvalue weighted by Crippen LogP contribution is -2.22. The van der Waals surface area contributed by atoms with Gasteiger partial charge in [-0.05, 0) is 30.2 Å². The zero-order chi connectivity index (χ0) is 22.8. The van der Waals surface area contributed by atoms with E-state index in [1.54, 1.807) is 27.7 Å². The average molecular weight is 471 g/mol. The number of fused-ring (bicyclic) bond motifs is 1. The van der Waals surface area contributed by atoms with Gasteiger partial charge in [0.25, 0.3) is 5.56 Å². The fraction of sp³-hybridized carbons (Fsp3) is 0.231. The molecule has 0 bridgehead atoms. The molecule has 1 aliphatic heterocycles. The van der Waals surface area contributed by atoms with Crippen LogP contribution in [-0.2, 0) is 0 Å².